The third-order valence-electron chi connectivity index (χ3n) is 3.59. The first-order valence-electron chi connectivity index (χ1n) is 7.49. The van der Waals surface area contributed by atoms with E-state index >= 15 is 0 Å². The molecule has 5 nitrogen and oxygen atoms in total. The minimum absolute atomic E-state index is 0.131. The molecule has 0 fully saturated rings. The molecule has 0 aliphatic carbocycles. The van der Waals surface area contributed by atoms with Crippen LogP contribution in [0.2, 0.25) is 0 Å². The number of hydrogen-bond acceptors (Lipinski definition) is 3. The molecule has 7 heteroatoms. The number of hydrogen-bond donors (Lipinski definition) is 1. The highest BCUT2D eigenvalue weighted by Crippen LogP contribution is 2.15. The first-order chi connectivity index (χ1) is 11.4. The Bertz CT molecular complexity index is 781. The quantitative estimate of drug-likeness (QED) is 0.793. The maximum atomic E-state index is 13.5. The van der Waals surface area contributed by atoms with Crippen LogP contribution in [0.4, 0.5) is 4.39 Å². The summed E-state index contributed by atoms with van der Waals surface area (Å²) in [6, 6.07) is 13.5. The number of nitrogens with one attached hydrogen (secondary N) is 1. The van der Waals surface area contributed by atoms with E-state index in [0.717, 1.165) is 5.56 Å². The molecule has 0 aliphatic heterocycles. The monoisotopic (exact) mass is 352 g/mol. The van der Waals surface area contributed by atoms with Gasteiger partial charge in [0.25, 0.3) is 10.2 Å². The summed E-state index contributed by atoms with van der Waals surface area (Å²) in [5.74, 6) is 0.340. The number of rotatable bonds is 8. The van der Waals surface area contributed by atoms with Crippen LogP contribution in [-0.2, 0) is 23.2 Å². The van der Waals surface area contributed by atoms with Crippen LogP contribution in [0.25, 0.3) is 0 Å². The zero-order valence-electron chi connectivity index (χ0n) is 13.7. The summed E-state index contributed by atoms with van der Waals surface area (Å²) < 4.78 is 46.9. The summed E-state index contributed by atoms with van der Waals surface area (Å²) in [4.78, 5) is 0. The van der Waals surface area contributed by atoms with Crippen LogP contribution in [0.1, 0.15) is 11.1 Å². The summed E-state index contributed by atoms with van der Waals surface area (Å²) >= 11 is 0. The van der Waals surface area contributed by atoms with E-state index in [1.54, 1.807) is 43.5 Å². The van der Waals surface area contributed by atoms with Crippen LogP contribution in [-0.4, -0.2) is 33.4 Å². The van der Waals surface area contributed by atoms with Crippen molar-refractivity contribution in [1.29, 1.82) is 0 Å². The number of halogens is 1. The van der Waals surface area contributed by atoms with Gasteiger partial charge < -0.3 is 4.74 Å². The molecule has 0 amide bonds. The zero-order valence-corrected chi connectivity index (χ0v) is 14.5. The van der Waals surface area contributed by atoms with Gasteiger partial charge in [-0.15, -0.1) is 0 Å². The van der Waals surface area contributed by atoms with Gasteiger partial charge in [-0.05, 0) is 35.7 Å². The lowest BCUT2D eigenvalue weighted by molar-refractivity contribution is 0.412. The Kier molecular flexibility index (Phi) is 6.30. The highest BCUT2D eigenvalue weighted by Gasteiger charge is 2.17. The molecule has 130 valence electrons. The standard InChI is InChI=1S/C17H21FN2O3S/c1-20(13-14-6-5-8-16(12-14)23-2)24(21,22)19-11-10-15-7-3-4-9-17(15)18/h3-9,12,19H,10-11,13H2,1-2H3. The van der Waals surface area contributed by atoms with Crippen molar-refractivity contribution in [3.8, 4) is 5.75 Å². The van der Waals surface area contributed by atoms with Crippen LogP contribution in [0.3, 0.4) is 0 Å². The van der Waals surface area contributed by atoms with Crippen molar-refractivity contribution in [2.24, 2.45) is 0 Å². The molecule has 2 aromatic rings. The fourth-order valence-electron chi connectivity index (χ4n) is 2.24. The number of nitrogens with zero attached hydrogens (tertiary/aromatic N) is 1. The highest BCUT2D eigenvalue weighted by atomic mass is 32.2. The third kappa shape index (κ3) is 5.02. The van der Waals surface area contributed by atoms with Gasteiger partial charge in [0.1, 0.15) is 11.6 Å². The van der Waals surface area contributed by atoms with Crippen molar-refractivity contribution < 1.29 is 17.5 Å². The molecule has 0 radical (unpaired) electrons. The van der Waals surface area contributed by atoms with E-state index in [9.17, 15) is 12.8 Å². The van der Waals surface area contributed by atoms with Gasteiger partial charge in [-0.25, -0.2) is 9.11 Å². The summed E-state index contributed by atoms with van der Waals surface area (Å²) in [5, 5.41) is 0. The van der Waals surface area contributed by atoms with Gasteiger partial charge in [0.15, 0.2) is 0 Å². The van der Waals surface area contributed by atoms with Crippen molar-refractivity contribution in [2.75, 3.05) is 20.7 Å². The molecule has 1 N–H and O–H groups in total. The van der Waals surface area contributed by atoms with E-state index < -0.39 is 10.2 Å². The van der Waals surface area contributed by atoms with E-state index in [2.05, 4.69) is 4.72 Å². The van der Waals surface area contributed by atoms with E-state index in [0.29, 0.717) is 17.7 Å². The molecule has 0 aromatic heterocycles. The minimum atomic E-state index is -3.64. The Morgan fingerprint density at radius 1 is 1.17 bits per heavy atom. The molecule has 2 rings (SSSR count). The van der Waals surface area contributed by atoms with E-state index in [1.807, 2.05) is 6.07 Å². The lowest BCUT2D eigenvalue weighted by Crippen LogP contribution is -2.38. The third-order valence-corrected chi connectivity index (χ3v) is 5.11. The van der Waals surface area contributed by atoms with Gasteiger partial charge >= 0.3 is 0 Å². The Hall–Kier alpha value is -1.96. The number of ether oxygens (including phenoxy) is 1. The predicted molar refractivity (Wildman–Crippen MR) is 91.5 cm³/mol. The zero-order chi connectivity index (χ0) is 17.6. The van der Waals surface area contributed by atoms with Gasteiger partial charge in [-0.3, -0.25) is 0 Å². The molecule has 0 unspecified atom stereocenters. The van der Waals surface area contributed by atoms with Crippen LogP contribution in [0, 0.1) is 5.82 Å². The highest BCUT2D eigenvalue weighted by molar-refractivity contribution is 7.87. The van der Waals surface area contributed by atoms with Crippen molar-refractivity contribution in [2.45, 2.75) is 13.0 Å². The summed E-state index contributed by atoms with van der Waals surface area (Å²) in [6.07, 6.45) is 0.291. The van der Waals surface area contributed by atoms with Crippen LogP contribution in [0.15, 0.2) is 48.5 Å². The minimum Gasteiger partial charge on any atom is -0.497 e. The topological polar surface area (TPSA) is 58.6 Å². The SMILES string of the molecule is COc1cccc(CN(C)S(=O)(=O)NCCc2ccccc2F)c1. The Morgan fingerprint density at radius 2 is 1.92 bits per heavy atom. The fourth-order valence-corrected chi connectivity index (χ4v) is 3.14. The first kappa shape index (κ1) is 18.4. The van der Waals surface area contributed by atoms with Crippen LogP contribution >= 0.6 is 0 Å². The first-order valence-corrected chi connectivity index (χ1v) is 8.93. The maximum Gasteiger partial charge on any atom is 0.279 e. The van der Waals surface area contributed by atoms with Crippen molar-refractivity contribution in [3.05, 3.63) is 65.5 Å². The van der Waals surface area contributed by atoms with Gasteiger partial charge in [-0.2, -0.15) is 12.7 Å². The summed E-state index contributed by atoms with van der Waals surface area (Å²) in [6.45, 7) is 0.345. The molecular formula is C17H21FN2O3S. The molecule has 0 saturated carbocycles. The van der Waals surface area contributed by atoms with E-state index in [1.165, 1.54) is 17.4 Å². The smallest absolute Gasteiger partial charge is 0.279 e. The summed E-state index contributed by atoms with van der Waals surface area (Å²) in [5.41, 5.74) is 1.30. The second-order valence-corrected chi connectivity index (χ2v) is 7.21. The largest absolute Gasteiger partial charge is 0.497 e. The van der Waals surface area contributed by atoms with Crippen LogP contribution in [0.5, 0.6) is 5.75 Å². The Balaban J connectivity index is 1.92. The van der Waals surface area contributed by atoms with Gasteiger partial charge in [0, 0.05) is 20.1 Å². The average Bonchev–Trinajstić information content (AvgIpc) is 2.56. The lowest BCUT2D eigenvalue weighted by Gasteiger charge is -2.18. The summed E-state index contributed by atoms with van der Waals surface area (Å²) in [7, 11) is -0.591. The molecule has 0 atom stereocenters. The average molecular weight is 352 g/mol. The molecule has 24 heavy (non-hydrogen) atoms. The maximum absolute atomic E-state index is 13.5. The van der Waals surface area contributed by atoms with Gasteiger partial charge in [-0.1, -0.05) is 30.3 Å². The van der Waals surface area contributed by atoms with Gasteiger partial charge in [0.2, 0.25) is 0 Å². The number of benzene rings is 2. The Morgan fingerprint density at radius 3 is 2.62 bits per heavy atom. The molecule has 2 aromatic carbocycles. The molecular weight excluding hydrogens is 331 g/mol. The van der Waals surface area contributed by atoms with Crippen molar-refractivity contribution >= 4 is 10.2 Å². The molecule has 0 heterocycles. The van der Waals surface area contributed by atoms with Crippen LogP contribution < -0.4 is 9.46 Å². The second-order valence-electron chi connectivity index (χ2n) is 5.35. The van der Waals surface area contributed by atoms with E-state index in [-0.39, 0.29) is 18.9 Å². The van der Waals surface area contributed by atoms with Gasteiger partial charge in [0.05, 0.1) is 7.11 Å². The Labute approximate surface area is 142 Å². The molecule has 0 aliphatic rings. The number of methoxy groups -OCH3 is 1. The fraction of sp³-hybridized carbons (Fsp3) is 0.294. The lowest BCUT2D eigenvalue weighted by atomic mass is 10.1. The molecule has 0 spiro atoms. The van der Waals surface area contributed by atoms with Crippen molar-refractivity contribution in [1.82, 2.24) is 9.03 Å². The normalized spacial score (nSPS) is 11.7. The van der Waals surface area contributed by atoms with Crippen molar-refractivity contribution in [3.63, 3.8) is 0 Å². The van der Waals surface area contributed by atoms with E-state index in [4.69, 9.17) is 4.74 Å². The molecule has 0 bridgehead atoms. The molecule has 0 saturated heterocycles. The predicted octanol–water partition coefficient (Wildman–Crippen LogP) is 2.34. The second kappa shape index (κ2) is 8.23.